The highest BCUT2D eigenvalue weighted by Gasteiger charge is 2.24. The molecule has 2 aromatic carbocycles. The van der Waals surface area contributed by atoms with Gasteiger partial charge in [-0.3, -0.25) is 0 Å². The summed E-state index contributed by atoms with van der Waals surface area (Å²) in [7, 11) is 0. The Balaban J connectivity index is 2.18. The summed E-state index contributed by atoms with van der Waals surface area (Å²) in [5.74, 6) is -0.221. The highest BCUT2D eigenvalue weighted by atomic mass is 32.1. The smallest absolute Gasteiger partial charge is 0.125 e. The van der Waals surface area contributed by atoms with Crippen molar-refractivity contribution in [2.24, 2.45) is 5.73 Å². The van der Waals surface area contributed by atoms with Gasteiger partial charge in [-0.1, -0.05) is 30.4 Å². The molecule has 2 nitrogen and oxygen atoms in total. The first-order chi connectivity index (χ1) is 9.58. The second-order valence-corrected chi connectivity index (χ2v) is 5.45. The van der Waals surface area contributed by atoms with E-state index in [0.29, 0.717) is 4.99 Å². The van der Waals surface area contributed by atoms with Crippen LogP contribution in [0.3, 0.4) is 0 Å². The summed E-state index contributed by atoms with van der Waals surface area (Å²) in [6, 6.07) is 10.8. The Morgan fingerprint density at radius 2 is 2.10 bits per heavy atom. The Hall–Kier alpha value is -1.94. The van der Waals surface area contributed by atoms with Crippen molar-refractivity contribution in [3.63, 3.8) is 0 Å². The van der Waals surface area contributed by atoms with E-state index in [1.165, 1.54) is 6.07 Å². The molecule has 3 rings (SSSR count). The van der Waals surface area contributed by atoms with Crippen molar-refractivity contribution in [2.75, 3.05) is 11.4 Å². The lowest BCUT2D eigenvalue weighted by Gasteiger charge is -2.24. The third kappa shape index (κ3) is 2.06. The van der Waals surface area contributed by atoms with E-state index < -0.39 is 0 Å². The number of nitrogens with two attached hydrogens (primary N) is 1. The summed E-state index contributed by atoms with van der Waals surface area (Å²) in [6.45, 7) is 2.84. The minimum atomic E-state index is -0.221. The zero-order chi connectivity index (χ0) is 14.3. The van der Waals surface area contributed by atoms with Gasteiger partial charge in [-0.05, 0) is 42.7 Å². The molecule has 4 heteroatoms. The van der Waals surface area contributed by atoms with E-state index in [1.54, 1.807) is 6.07 Å². The molecular weight excluding hydrogens is 271 g/mol. The number of hydrogen-bond donors (Lipinski definition) is 1. The van der Waals surface area contributed by atoms with Crippen LogP contribution < -0.4 is 10.6 Å². The zero-order valence-corrected chi connectivity index (χ0v) is 12.0. The highest BCUT2D eigenvalue weighted by Crippen LogP contribution is 2.38. The lowest BCUT2D eigenvalue weighted by Crippen LogP contribution is -2.21. The van der Waals surface area contributed by atoms with E-state index in [-0.39, 0.29) is 5.82 Å². The summed E-state index contributed by atoms with van der Waals surface area (Å²) >= 11 is 5.15. The van der Waals surface area contributed by atoms with Gasteiger partial charge in [-0.2, -0.15) is 0 Å². The number of hydrogen-bond acceptors (Lipinski definition) is 2. The fraction of sp³-hybridized carbons (Fsp3) is 0.188. The zero-order valence-electron chi connectivity index (χ0n) is 11.2. The molecule has 0 unspecified atom stereocenters. The molecule has 0 fully saturated rings. The van der Waals surface area contributed by atoms with E-state index in [9.17, 15) is 4.39 Å². The largest absolute Gasteiger partial charge is 0.389 e. The van der Waals surface area contributed by atoms with Gasteiger partial charge in [0.25, 0.3) is 0 Å². The fourth-order valence-electron chi connectivity index (χ4n) is 2.80. The molecule has 0 saturated carbocycles. The van der Waals surface area contributed by atoms with E-state index in [4.69, 9.17) is 18.0 Å². The molecule has 102 valence electrons. The molecule has 1 aliphatic rings. The van der Waals surface area contributed by atoms with Crippen molar-refractivity contribution in [1.82, 2.24) is 0 Å². The number of para-hydroxylation sites is 1. The van der Waals surface area contributed by atoms with Crippen LogP contribution in [0.2, 0.25) is 0 Å². The molecule has 1 aliphatic heterocycles. The van der Waals surface area contributed by atoms with E-state index in [0.717, 1.165) is 41.0 Å². The van der Waals surface area contributed by atoms with Gasteiger partial charge in [-0.25, -0.2) is 4.39 Å². The van der Waals surface area contributed by atoms with Gasteiger partial charge in [0, 0.05) is 17.8 Å². The summed E-state index contributed by atoms with van der Waals surface area (Å²) in [5, 5.41) is 0. The van der Waals surface area contributed by atoms with E-state index >= 15 is 0 Å². The predicted octanol–water partition coefficient (Wildman–Crippen LogP) is 3.46. The van der Waals surface area contributed by atoms with Crippen molar-refractivity contribution < 1.29 is 4.39 Å². The molecule has 1 heterocycles. The maximum atomic E-state index is 13.5. The Labute approximate surface area is 123 Å². The molecular formula is C16H15FN2S. The van der Waals surface area contributed by atoms with Gasteiger partial charge in [0.15, 0.2) is 0 Å². The molecule has 2 aromatic rings. The Kier molecular flexibility index (Phi) is 3.18. The minimum Gasteiger partial charge on any atom is -0.389 e. The maximum absolute atomic E-state index is 13.5. The molecule has 0 saturated heterocycles. The van der Waals surface area contributed by atoms with Crippen LogP contribution in [0.25, 0.3) is 0 Å². The molecule has 0 atom stereocenters. The van der Waals surface area contributed by atoms with Crippen LogP contribution in [0, 0.1) is 12.7 Å². The van der Waals surface area contributed by atoms with Gasteiger partial charge in [0.05, 0.1) is 5.69 Å². The highest BCUT2D eigenvalue weighted by molar-refractivity contribution is 7.80. The lowest BCUT2D eigenvalue weighted by molar-refractivity contribution is 0.628. The molecule has 0 aliphatic carbocycles. The molecule has 0 spiro atoms. The molecule has 0 radical (unpaired) electrons. The topological polar surface area (TPSA) is 29.3 Å². The Morgan fingerprint density at radius 3 is 2.85 bits per heavy atom. The van der Waals surface area contributed by atoms with Crippen LogP contribution >= 0.6 is 12.2 Å². The van der Waals surface area contributed by atoms with Crippen molar-refractivity contribution in [2.45, 2.75) is 13.3 Å². The van der Waals surface area contributed by atoms with Crippen LogP contribution in [0.15, 0.2) is 36.4 Å². The normalized spacial score (nSPS) is 13.4. The average molecular weight is 286 g/mol. The van der Waals surface area contributed by atoms with Gasteiger partial charge in [-0.15, -0.1) is 0 Å². The second-order valence-electron chi connectivity index (χ2n) is 5.01. The first kappa shape index (κ1) is 13.1. The van der Waals surface area contributed by atoms with Gasteiger partial charge in [0.2, 0.25) is 0 Å². The van der Waals surface area contributed by atoms with Crippen LogP contribution in [-0.2, 0) is 6.42 Å². The molecule has 0 aromatic heterocycles. The first-order valence-corrected chi connectivity index (χ1v) is 6.94. The second kappa shape index (κ2) is 4.87. The monoisotopic (exact) mass is 286 g/mol. The SMILES string of the molecule is Cc1cccc(C(N)=S)c1N1CCc2ccc(F)cc21. The van der Waals surface area contributed by atoms with Crippen LogP contribution in [0.1, 0.15) is 16.7 Å². The Morgan fingerprint density at radius 1 is 1.30 bits per heavy atom. The molecule has 20 heavy (non-hydrogen) atoms. The minimum absolute atomic E-state index is 0.221. The number of anilines is 2. The third-order valence-electron chi connectivity index (χ3n) is 3.72. The number of benzene rings is 2. The van der Waals surface area contributed by atoms with Crippen LogP contribution in [0.4, 0.5) is 15.8 Å². The average Bonchev–Trinajstić information content (AvgIpc) is 2.81. The number of thiocarbonyl (C=S) groups is 1. The van der Waals surface area contributed by atoms with Crippen molar-refractivity contribution in [1.29, 1.82) is 0 Å². The summed E-state index contributed by atoms with van der Waals surface area (Å²) in [6.07, 6.45) is 0.903. The third-order valence-corrected chi connectivity index (χ3v) is 3.94. The van der Waals surface area contributed by atoms with Gasteiger partial charge < -0.3 is 10.6 Å². The predicted molar refractivity (Wildman–Crippen MR) is 84.2 cm³/mol. The summed E-state index contributed by atoms with van der Waals surface area (Å²) in [4.78, 5) is 2.48. The molecule has 2 N–H and O–H groups in total. The first-order valence-electron chi connectivity index (χ1n) is 6.53. The number of nitrogens with zero attached hydrogens (tertiary/aromatic N) is 1. The fourth-order valence-corrected chi connectivity index (χ4v) is 2.97. The molecule has 0 amide bonds. The lowest BCUT2D eigenvalue weighted by atomic mass is 10.1. The van der Waals surface area contributed by atoms with Crippen molar-refractivity contribution in [3.8, 4) is 0 Å². The Bertz CT molecular complexity index is 697. The van der Waals surface area contributed by atoms with Crippen LogP contribution in [-0.4, -0.2) is 11.5 Å². The number of rotatable bonds is 2. The van der Waals surface area contributed by atoms with Gasteiger partial charge in [0.1, 0.15) is 10.8 Å². The van der Waals surface area contributed by atoms with Gasteiger partial charge >= 0.3 is 0 Å². The van der Waals surface area contributed by atoms with E-state index in [2.05, 4.69) is 4.90 Å². The van der Waals surface area contributed by atoms with Crippen molar-refractivity contribution >= 4 is 28.6 Å². The molecule has 0 bridgehead atoms. The maximum Gasteiger partial charge on any atom is 0.125 e. The van der Waals surface area contributed by atoms with Crippen LogP contribution in [0.5, 0.6) is 0 Å². The number of fused-ring (bicyclic) bond motifs is 1. The summed E-state index contributed by atoms with van der Waals surface area (Å²) < 4.78 is 13.5. The summed E-state index contributed by atoms with van der Waals surface area (Å²) in [5.41, 5.74) is 10.8. The number of halogens is 1. The number of aryl methyl sites for hydroxylation is 1. The van der Waals surface area contributed by atoms with E-state index in [1.807, 2.05) is 31.2 Å². The standard InChI is InChI=1S/C16H15FN2S/c1-10-3-2-4-13(16(18)20)15(10)19-8-7-11-5-6-12(17)9-14(11)19/h2-6,9H,7-8H2,1H3,(H2,18,20). The van der Waals surface area contributed by atoms with Crippen molar-refractivity contribution in [3.05, 3.63) is 58.9 Å². The quantitative estimate of drug-likeness (QED) is 0.857.